The van der Waals surface area contributed by atoms with Crippen molar-refractivity contribution in [2.75, 3.05) is 41.0 Å². The van der Waals surface area contributed by atoms with Crippen LogP contribution in [0.15, 0.2) is 0 Å². The molecule has 17 heavy (non-hydrogen) atoms. The maximum atomic E-state index is 11.4. The average molecular weight is 262 g/mol. The lowest BCUT2D eigenvalue weighted by Gasteiger charge is -2.30. The molecule has 0 radical (unpaired) electrons. The summed E-state index contributed by atoms with van der Waals surface area (Å²) in [6.07, 6.45) is 0.815. The van der Waals surface area contributed by atoms with E-state index in [-0.39, 0.29) is 11.6 Å². The Morgan fingerprint density at radius 2 is 1.94 bits per heavy atom. The van der Waals surface area contributed by atoms with Gasteiger partial charge >= 0.3 is 14.8 Å². The molecule has 1 atom stereocenters. The van der Waals surface area contributed by atoms with E-state index in [0.717, 1.165) is 19.5 Å². The highest BCUT2D eigenvalue weighted by molar-refractivity contribution is 6.62. The van der Waals surface area contributed by atoms with Crippen LogP contribution < -0.4 is 5.32 Å². The van der Waals surface area contributed by atoms with Crippen LogP contribution in [0.1, 0.15) is 13.3 Å². The minimum atomic E-state index is -2.57. The highest BCUT2D eigenvalue weighted by atomic mass is 28.4. The van der Waals surface area contributed by atoms with Gasteiger partial charge in [0.25, 0.3) is 0 Å². The van der Waals surface area contributed by atoms with Gasteiger partial charge < -0.3 is 23.5 Å². The predicted molar refractivity (Wildman–Crippen MR) is 65.8 cm³/mol. The summed E-state index contributed by atoms with van der Waals surface area (Å²) in [4.78, 5) is 13.2. The molecule has 6 nitrogen and oxygen atoms in total. The third-order valence-electron chi connectivity index (χ3n) is 3.23. The number of carbonyl (C=O) groups excluding carboxylic acids is 1. The first-order valence-corrected chi connectivity index (χ1v) is 7.58. The highest BCUT2D eigenvalue weighted by Crippen LogP contribution is 2.27. The summed E-state index contributed by atoms with van der Waals surface area (Å²) < 4.78 is 16.2. The molecular weight excluding hydrogens is 240 g/mol. The number of carbonyl (C=O) groups is 1. The van der Waals surface area contributed by atoms with Crippen LogP contribution in [-0.4, -0.2) is 60.7 Å². The van der Waals surface area contributed by atoms with Crippen LogP contribution in [0, 0.1) is 0 Å². The number of hydrogen-bond donors (Lipinski definition) is 1. The first kappa shape index (κ1) is 14.4. The molecule has 100 valence electrons. The Balaban J connectivity index is 2.47. The van der Waals surface area contributed by atoms with Crippen molar-refractivity contribution in [2.45, 2.75) is 18.9 Å². The number of urea groups is 1. The lowest BCUT2D eigenvalue weighted by Crippen LogP contribution is -2.47. The van der Waals surface area contributed by atoms with Crippen LogP contribution in [0.25, 0.3) is 0 Å². The van der Waals surface area contributed by atoms with Crippen molar-refractivity contribution in [1.82, 2.24) is 10.2 Å². The van der Waals surface area contributed by atoms with E-state index in [4.69, 9.17) is 13.3 Å². The Labute approximate surface area is 104 Å². The zero-order valence-corrected chi connectivity index (χ0v) is 12.0. The maximum Gasteiger partial charge on any atom is 0.503 e. The molecule has 1 N–H and O–H groups in total. The van der Waals surface area contributed by atoms with E-state index in [1.54, 1.807) is 26.2 Å². The first-order valence-electron chi connectivity index (χ1n) is 5.78. The standard InChI is InChI=1S/C10H22N2O4Si/c1-9(17(14-2,15-3)16-4)5-7-12-8-6-11-10(12)13/h9H,5-8H2,1-4H3,(H,11,13). The van der Waals surface area contributed by atoms with E-state index < -0.39 is 8.80 Å². The van der Waals surface area contributed by atoms with Crippen molar-refractivity contribution < 1.29 is 18.1 Å². The smallest absolute Gasteiger partial charge is 0.377 e. The lowest BCUT2D eigenvalue weighted by molar-refractivity contribution is 0.110. The average Bonchev–Trinajstić information content (AvgIpc) is 2.75. The van der Waals surface area contributed by atoms with Crippen molar-refractivity contribution in [1.29, 1.82) is 0 Å². The highest BCUT2D eigenvalue weighted by Gasteiger charge is 2.44. The second-order valence-electron chi connectivity index (χ2n) is 4.12. The Bertz CT molecular complexity index is 252. The van der Waals surface area contributed by atoms with Crippen molar-refractivity contribution in [2.24, 2.45) is 0 Å². The van der Waals surface area contributed by atoms with E-state index in [1.165, 1.54) is 0 Å². The van der Waals surface area contributed by atoms with Crippen molar-refractivity contribution >= 4 is 14.8 Å². The van der Waals surface area contributed by atoms with Crippen molar-refractivity contribution in [3.63, 3.8) is 0 Å². The zero-order valence-electron chi connectivity index (χ0n) is 11.0. The largest absolute Gasteiger partial charge is 0.503 e. The van der Waals surface area contributed by atoms with Gasteiger partial charge in [0.05, 0.1) is 0 Å². The fourth-order valence-electron chi connectivity index (χ4n) is 2.10. The summed E-state index contributed by atoms with van der Waals surface area (Å²) in [7, 11) is 2.26. The molecule has 0 aromatic carbocycles. The number of amides is 2. The van der Waals surface area contributed by atoms with E-state index in [1.807, 2.05) is 6.92 Å². The molecule has 0 aliphatic carbocycles. The van der Waals surface area contributed by atoms with Crippen LogP contribution in [0.3, 0.4) is 0 Å². The first-order chi connectivity index (χ1) is 8.09. The van der Waals surface area contributed by atoms with Gasteiger partial charge in [-0.15, -0.1) is 0 Å². The molecule has 1 aliphatic rings. The monoisotopic (exact) mass is 262 g/mol. The van der Waals surface area contributed by atoms with E-state index >= 15 is 0 Å². The van der Waals surface area contributed by atoms with Gasteiger partial charge in [-0.1, -0.05) is 6.92 Å². The molecule has 1 fully saturated rings. The van der Waals surface area contributed by atoms with Gasteiger partial charge in [0.2, 0.25) is 0 Å². The fraction of sp³-hybridized carbons (Fsp3) is 0.900. The molecule has 0 spiro atoms. The summed E-state index contributed by atoms with van der Waals surface area (Å²) in [6.45, 7) is 4.25. The maximum absolute atomic E-state index is 11.4. The second kappa shape index (κ2) is 6.34. The van der Waals surface area contributed by atoms with E-state index in [0.29, 0.717) is 6.54 Å². The predicted octanol–water partition coefficient (Wildman–Crippen LogP) is 0.670. The van der Waals surface area contributed by atoms with E-state index in [9.17, 15) is 4.79 Å². The van der Waals surface area contributed by atoms with Crippen LogP contribution in [-0.2, 0) is 13.3 Å². The topological polar surface area (TPSA) is 60.0 Å². The molecule has 1 unspecified atom stereocenters. The molecule has 0 aromatic rings. The van der Waals surface area contributed by atoms with Crippen molar-refractivity contribution in [3.05, 3.63) is 0 Å². The minimum absolute atomic E-state index is 0.0108. The van der Waals surface area contributed by atoms with Gasteiger partial charge in [-0.05, 0) is 6.42 Å². The normalized spacial score (nSPS) is 18.4. The summed E-state index contributed by atoms with van der Waals surface area (Å²) in [5.41, 5.74) is 0.163. The third-order valence-corrected chi connectivity index (χ3v) is 6.44. The molecule has 0 aromatic heterocycles. The Morgan fingerprint density at radius 3 is 2.35 bits per heavy atom. The fourth-order valence-corrected chi connectivity index (χ4v) is 4.29. The van der Waals surface area contributed by atoms with Crippen molar-refractivity contribution in [3.8, 4) is 0 Å². The van der Waals surface area contributed by atoms with Crippen LogP contribution in [0.2, 0.25) is 5.54 Å². The molecule has 0 bridgehead atoms. The van der Waals surface area contributed by atoms with Crippen LogP contribution in [0.5, 0.6) is 0 Å². The Kier molecular flexibility index (Phi) is 5.38. The van der Waals surface area contributed by atoms with Gasteiger partial charge in [0, 0.05) is 46.5 Å². The molecule has 7 heteroatoms. The summed E-state index contributed by atoms with van der Waals surface area (Å²) in [5, 5.41) is 2.78. The van der Waals surface area contributed by atoms with Gasteiger partial charge in [-0.3, -0.25) is 0 Å². The molecule has 1 saturated heterocycles. The molecule has 0 saturated carbocycles. The molecule has 2 amide bonds. The molecule has 1 aliphatic heterocycles. The van der Waals surface area contributed by atoms with Crippen LogP contribution >= 0.6 is 0 Å². The third kappa shape index (κ3) is 3.18. The van der Waals surface area contributed by atoms with Gasteiger partial charge in [0.15, 0.2) is 0 Å². The number of nitrogens with zero attached hydrogens (tertiary/aromatic N) is 1. The number of hydrogen-bond acceptors (Lipinski definition) is 4. The summed E-state index contributed by atoms with van der Waals surface area (Å²) >= 11 is 0. The molecule has 1 heterocycles. The van der Waals surface area contributed by atoms with Crippen LogP contribution in [0.4, 0.5) is 4.79 Å². The Morgan fingerprint density at radius 1 is 1.35 bits per heavy atom. The Hall–Kier alpha value is -0.633. The lowest BCUT2D eigenvalue weighted by atomic mass is 10.3. The van der Waals surface area contributed by atoms with Gasteiger partial charge in [-0.2, -0.15) is 0 Å². The number of rotatable bonds is 7. The van der Waals surface area contributed by atoms with E-state index in [2.05, 4.69) is 5.32 Å². The summed E-state index contributed by atoms with van der Waals surface area (Å²) in [5.74, 6) is 0. The SMILES string of the molecule is CO[Si](OC)(OC)C(C)CCN1CCNC1=O. The molecular formula is C10H22N2O4Si. The summed E-state index contributed by atoms with van der Waals surface area (Å²) in [6, 6.07) is 0.0108. The quantitative estimate of drug-likeness (QED) is 0.685. The minimum Gasteiger partial charge on any atom is -0.377 e. The molecule has 1 rings (SSSR count). The van der Waals surface area contributed by atoms with Gasteiger partial charge in [0.1, 0.15) is 0 Å². The number of nitrogens with one attached hydrogen (secondary N) is 1. The zero-order chi connectivity index (χ0) is 12.9. The second-order valence-corrected chi connectivity index (χ2v) is 7.54. The van der Waals surface area contributed by atoms with Gasteiger partial charge in [-0.25, -0.2) is 4.79 Å².